The maximum atomic E-state index is 11.6. The van der Waals surface area contributed by atoms with Gasteiger partial charge in [-0.05, 0) is 25.0 Å². The number of hydrogen-bond donors (Lipinski definition) is 1. The van der Waals surface area contributed by atoms with E-state index in [0.717, 1.165) is 24.3 Å². The molecule has 0 spiro atoms. The molecule has 1 aromatic rings. The van der Waals surface area contributed by atoms with Crippen LogP contribution in [0, 0.1) is 0 Å². The molecule has 1 aliphatic rings. The van der Waals surface area contributed by atoms with Gasteiger partial charge in [0.1, 0.15) is 0 Å². The first-order valence-corrected chi connectivity index (χ1v) is 6.89. The molecule has 1 aromatic carbocycles. The fourth-order valence-corrected chi connectivity index (χ4v) is 2.50. The van der Waals surface area contributed by atoms with Crippen molar-refractivity contribution in [2.24, 2.45) is 0 Å². The van der Waals surface area contributed by atoms with Crippen LogP contribution in [0.2, 0.25) is 0 Å². The van der Waals surface area contributed by atoms with Gasteiger partial charge < -0.3 is 10.1 Å². The molecule has 0 radical (unpaired) electrons. The van der Waals surface area contributed by atoms with E-state index < -0.39 is 0 Å². The summed E-state index contributed by atoms with van der Waals surface area (Å²) in [5, 5.41) is 2.91. The normalized spacial score (nSPS) is 19.2. The maximum absolute atomic E-state index is 11.6. The zero-order chi connectivity index (χ0) is 11.9. The van der Waals surface area contributed by atoms with Crippen LogP contribution < -0.4 is 5.32 Å². The third-order valence-electron chi connectivity index (χ3n) is 2.66. The van der Waals surface area contributed by atoms with E-state index in [-0.39, 0.29) is 12.0 Å². The first-order chi connectivity index (χ1) is 8.34. The van der Waals surface area contributed by atoms with Gasteiger partial charge in [0.25, 0.3) is 0 Å². The van der Waals surface area contributed by atoms with Gasteiger partial charge in [-0.2, -0.15) is 0 Å². The molecule has 0 aliphatic carbocycles. The third kappa shape index (κ3) is 4.40. The van der Waals surface area contributed by atoms with Crippen LogP contribution in [0.4, 0.5) is 0 Å². The summed E-state index contributed by atoms with van der Waals surface area (Å²) < 4.78 is 5.44. The molecule has 0 saturated carbocycles. The van der Waals surface area contributed by atoms with Crippen LogP contribution in [0.5, 0.6) is 0 Å². The fraction of sp³-hybridized carbons (Fsp3) is 0.462. The number of ether oxygens (including phenoxy) is 1. The maximum Gasteiger partial charge on any atom is 0.230 e. The number of nitrogens with one attached hydrogen (secondary N) is 1. The van der Waals surface area contributed by atoms with Crippen LogP contribution in [0.3, 0.4) is 0 Å². The molecule has 1 heterocycles. The molecule has 1 aliphatic heterocycles. The quantitative estimate of drug-likeness (QED) is 0.814. The highest BCUT2D eigenvalue weighted by Gasteiger charge is 2.15. The van der Waals surface area contributed by atoms with Gasteiger partial charge in [0, 0.05) is 18.0 Å². The fourth-order valence-electron chi connectivity index (χ4n) is 1.75. The van der Waals surface area contributed by atoms with Crippen LogP contribution >= 0.6 is 11.8 Å². The van der Waals surface area contributed by atoms with Gasteiger partial charge in [-0.25, -0.2) is 0 Å². The Kier molecular flexibility index (Phi) is 4.88. The zero-order valence-corrected chi connectivity index (χ0v) is 10.5. The van der Waals surface area contributed by atoms with Crippen molar-refractivity contribution in [1.82, 2.24) is 5.32 Å². The van der Waals surface area contributed by atoms with E-state index in [4.69, 9.17) is 4.74 Å². The van der Waals surface area contributed by atoms with Crippen molar-refractivity contribution in [2.45, 2.75) is 23.8 Å². The van der Waals surface area contributed by atoms with Crippen LogP contribution in [0.15, 0.2) is 35.2 Å². The van der Waals surface area contributed by atoms with Gasteiger partial charge >= 0.3 is 0 Å². The standard InChI is InChI=1S/C13H17NO2S/c15-13(14-9-11-5-4-8-16-11)10-17-12-6-2-1-3-7-12/h1-3,6-7,11H,4-5,8-10H2,(H,14,15). The van der Waals surface area contributed by atoms with Gasteiger partial charge in [0.05, 0.1) is 11.9 Å². The van der Waals surface area contributed by atoms with E-state index in [2.05, 4.69) is 5.32 Å². The Morgan fingerprint density at radius 1 is 1.41 bits per heavy atom. The lowest BCUT2D eigenvalue weighted by atomic mass is 10.2. The highest BCUT2D eigenvalue weighted by molar-refractivity contribution is 8.00. The van der Waals surface area contributed by atoms with E-state index in [1.54, 1.807) is 11.8 Å². The molecule has 17 heavy (non-hydrogen) atoms. The zero-order valence-electron chi connectivity index (χ0n) is 9.72. The molecular formula is C13H17NO2S. The second kappa shape index (κ2) is 6.67. The topological polar surface area (TPSA) is 38.3 Å². The van der Waals surface area contributed by atoms with Crippen LogP contribution in [-0.4, -0.2) is 30.9 Å². The molecule has 0 bridgehead atoms. The minimum atomic E-state index is 0.0781. The largest absolute Gasteiger partial charge is 0.376 e. The van der Waals surface area contributed by atoms with Gasteiger partial charge in [-0.15, -0.1) is 11.8 Å². The average molecular weight is 251 g/mol. The van der Waals surface area contributed by atoms with Crippen LogP contribution in [0.1, 0.15) is 12.8 Å². The molecular weight excluding hydrogens is 234 g/mol. The monoisotopic (exact) mass is 251 g/mol. The molecule has 1 saturated heterocycles. The number of benzene rings is 1. The number of rotatable bonds is 5. The second-order valence-electron chi connectivity index (χ2n) is 4.04. The predicted octanol–water partition coefficient (Wildman–Crippen LogP) is 2.07. The highest BCUT2D eigenvalue weighted by Crippen LogP contribution is 2.16. The number of amides is 1. The van der Waals surface area contributed by atoms with Gasteiger partial charge in [-0.1, -0.05) is 18.2 Å². The van der Waals surface area contributed by atoms with Crippen molar-refractivity contribution in [2.75, 3.05) is 18.9 Å². The van der Waals surface area contributed by atoms with Gasteiger partial charge in [0.15, 0.2) is 0 Å². The highest BCUT2D eigenvalue weighted by atomic mass is 32.2. The van der Waals surface area contributed by atoms with Crippen molar-refractivity contribution in [1.29, 1.82) is 0 Å². The summed E-state index contributed by atoms with van der Waals surface area (Å²) in [6.07, 6.45) is 2.39. The van der Waals surface area contributed by atoms with E-state index in [1.807, 2.05) is 30.3 Å². The molecule has 3 nitrogen and oxygen atoms in total. The van der Waals surface area contributed by atoms with Crippen LogP contribution in [-0.2, 0) is 9.53 Å². The Morgan fingerprint density at radius 2 is 2.24 bits per heavy atom. The smallest absolute Gasteiger partial charge is 0.230 e. The minimum Gasteiger partial charge on any atom is -0.376 e. The Balaban J connectivity index is 1.64. The minimum absolute atomic E-state index is 0.0781. The number of thioether (sulfide) groups is 1. The molecule has 92 valence electrons. The SMILES string of the molecule is O=C(CSc1ccccc1)NCC1CCCO1. The molecule has 1 unspecified atom stereocenters. The lowest BCUT2D eigenvalue weighted by Gasteiger charge is -2.10. The van der Waals surface area contributed by atoms with E-state index in [9.17, 15) is 4.79 Å². The number of hydrogen-bond acceptors (Lipinski definition) is 3. The molecule has 2 rings (SSSR count). The predicted molar refractivity (Wildman–Crippen MR) is 69.1 cm³/mol. The molecule has 4 heteroatoms. The van der Waals surface area contributed by atoms with Crippen molar-refractivity contribution in [3.05, 3.63) is 30.3 Å². The van der Waals surface area contributed by atoms with Gasteiger partial charge in [0.2, 0.25) is 5.91 Å². The summed E-state index contributed by atoms with van der Waals surface area (Å²) in [7, 11) is 0. The first-order valence-electron chi connectivity index (χ1n) is 5.91. The molecule has 0 aromatic heterocycles. The summed E-state index contributed by atoms with van der Waals surface area (Å²) in [6, 6.07) is 9.96. The van der Waals surface area contributed by atoms with Gasteiger partial charge in [-0.3, -0.25) is 4.79 Å². The van der Waals surface area contributed by atoms with Crippen molar-refractivity contribution < 1.29 is 9.53 Å². The van der Waals surface area contributed by atoms with Crippen molar-refractivity contribution >= 4 is 17.7 Å². The number of carbonyl (C=O) groups excluding carboxylic acids is 1. The Bertz CT molecular complexity index is 350. The first kappa shape index (κ1) is 12.5. The molecule has 1 amide bonds. The summed E-state index contributed by atoms with van der Waals surface area (Å²) in [5.74, 6) is 0.547. The van der Waals surface area contributed by atoms with Crippen molar-refractivity contribution in [3.8, 4) is 0 Å². The summed E-state index contributed by atoms with van der Waals surface area (Å²) in [4.78, 5) is 12.7. The van der Waals surface area contributed by atoms with E-state index in [0.29, 0.717) is 12.3 Å². The summed E-state index contributed by atoms with van der Waals surface area (Å²) in [5.41, 5.74) is 0. The lowest BCUT2D eigenvalue weighted by molar-refractivity contribution is -0.119. The van der Waals surface area contributed by atoms with E-state index in [1.165, 1.54) is 0 Å². The Hall–Kier alpha value is -1.00. The second-order valence-corrected chi connectivity index (χ2v) is 5.09. The lowest BCUT2D eigenvalue weighted by Crippen LogP contribution is -2.32. The molecule has 1 fully saturated rings. The Morgan fingerprint density at radius 3 is 2.94 bits per heavy atom. The summed E-state index contributed by atoms with van der Waals surface area (Å²) >= 11 is 1.56. The number of carbonyl (C=O) groups is 1. The van der Waals surface area contributed by atoms with Crippen LogP contribution in [0.25, 0.3) is 0 Å². The van der Waals surface area contributed by atoms with Crippen molar-refractivity contribution in [3.63, 3.8) is 0 Å². The Labute approximate surface area is 106 Å². The summed E-state index contributed by atoms with van der Waals surface area (Å²) in [6.45, 7) is 1.48. The average Bonchev–Trinajstić information content (AvgIpc) is 2.88. The third-order valence-corrected chi connectivity index (χ3v) is 3.68. The van der Waals surface area contributed by atoms with E-state index >= 15 is 0 Å². The molecule has 1 N–H and O–H groups in total. The molecule has 1 atom stereocenters.